The molecule has 3 N–H and O–H groups in total. The van der Waals surface area contributed by atoms with E-state index in [0.29, 0.717) is 4.88 Å². The molecule has 1 aromatic heterocycles. The smallest absolute Gasteiger partial charge is 0.259 e. The van der Waals surface area contributed by atoms with E-state index >= 15 is 0 Å². The predicted molar refractivity (Wildman–Crippen MR) is 56.7 cm³/mol. The third kappa shape index (κ3) is 1.24. The summed E-state index contributed by atoms with van der Waals surface area (Å²) in [4.78, 5) is 11.6. The molecule has 0 fully saturated rings. The second-order valence-electron chi connectivity index (χ2n) is 3.10. The third-order valence-corrected chi connectivity index (χ3v) is 3.41. The largest absolute Gasteiger partial charge is 0.508 e. The van der Waals surface area contributed by atoms with Gasteiger partial charge in [-0.3, -0.25) is 4.79 Å². The summed E-state index contributed by atoms with van der Waals surface area (Å²) in [6.45, 7) is 1.86. The summed E-state index contributed by atoms with van der Waals surface area (Å²) < 4.78 is 0.885. The van der Waals surface area contributed by atoms with E-state index in [0.717, 1.165) is 15.6 Å². The van der Waals surface area contributed by atoms with Crippen LogP contribution in [-0.4, -0.2) is 11.0 Å². The zero-order valence-corrected chi connectivity index (χ0v) is 8.39. The Bertz CT molecular complexity index is 516. The van der Waals surface area contributed by atoms with Crippen molar-refractivity contribution in [2.45, 2.75) is 6.92 Å². The number of benzene rings is 1. The van der Waals surface area contributed by atoms with Crippen LogP contribution in [0.5, 0.6) is 5.75 Å². The Hall–Kier alpha value is -1.55. The van der Waals surface area contributed by atoms with Gasteiger partial charge in [-0.2, -0.15) is 0 Å². The molecule has 0 spiro atoms. The van der Waals surface area contributed by atoms with Crippen LogP contribution in [0.25, 0.3) is 10.1 Å². The highest BCUT2D eigenvalue weighted by Gasteiger charge is 2.12. The Kier molecular flexibility index (Phi) is 1.93. The van der Waals surface area contributed by atoms with Crippen molar-refractivity contribution in [1.29, 1.82) is 0 Å². The van der Waals surface area contributed by atoms with Gasteiger partial charge >= 0.3 is 0 Å². The molecule has 0 aliphatic carbocycles. The van der Waals surface area contributed by atoms with Crippen molar-refractivity contribution in [3.8, 4) is 5.75 Å². The standard InChI is InChI=1S/C10H9NO2S/c1-5-7-3-2-6(12)4-8(7)14-9(5)10(11)13/h2-4,12H,1H3,(H2,11,13). The first-order chi connectivity index (χ1) is 6.59. The van der Waals surface area contributed by atoms with Gasteiger partial charge in [0.05, 0.1) is 4.88 Å². The number of carbonyl (C=O) groups excluding carboxylic acids is 1. The first kappa shape index (κ1) is 9.02. The number of fused-ring (bicyclic) bond motifs is 1. The average molecular weight is 207 g/mol. The van der Waals surface area contributed by atoms with Crippen molar-refractivity contribution in [3.05, 3.63) is 28.6 Å². The molecule has 2 aromatic rings. The molecular weight excluding hydrogens is 198 g/mol. The molecule has 0 unspecified atom stereocenters. The molecule has 2 rings (SSSR count). The van der Waals surface area contributed by atoms with E-state index in [-0.39, 0.29) is 5.75 Å². The van der Waals surface area contributed by atoms with Gasteiger partial charge in [0.15, 0.2) is 0 Å². The minimum atomic E-state index is -0.414. The fourth-order valence-corrected chi connectivity index (χ4v) is 2.54. The van der Waals surface area contributed by atoms with Crippen LogP contribution < -0.4 is 5.73 Å². The van der Waals surface area contributed by atoms with E-state index in [9.17, 15) is 9.90 Å². The van der Waals surface area contributed by atoms with E-state index in [2.05, 4.69) is 0 Å². The number of nitrogens with two attached hydrogens (primary N) is 1. The van der Waals surface area contributed by atoms with Gasteiger partial charge in [-0.1, -0.05) is 0 Å². The van der Waals surface area contributed by atoms with Crippen molar-refractivity contribution >= 4 is 27.3 Å². The molecule has 0 aliphatic rings. The fourth-order valence-electron chi connectivity index (χ4n) is 1.45. The monoisotopic (exact) mass is 207 g/mol. The lowest BCUT2D eigenvalue weighted by Gasteiger charge is -1.92. The minimum Gasteiger partial charge on any atom is -0.508 e. The SMILES string of the molecule is Cc1c(C(N)=O)sc2cc(O)ccc12. The lowest BCUT2D eigenvalue weighted by molar-refractivity contribution is 0.100. The summed E-state index contributed by atoms with van der Waals surface area (Å²) in [5.74, 6) is -0.210. The van der Waals surface area contributed by atoms with Gasteiger partial charge in [-0.25, -0.2) is 0 Å². The van der Waals surface area contributed by atoms with E-state index in [4.69, 9.17) is 5.73 Å². The van der Waals surface area contributed by atoms with Gasteiger partial charge in [0.1, 0.15) is 5.75 Å². The van der Waals surface area contributed by atoms with Crippen LogP contribution >= 0.6 is 11.3 Å². The Balaban J connectivity index is 2.79. The molecule has 14 heavy (non-hydrogen) atoms. The van der Waals surface area contributed by atoms with E-state index in [1.54, 1.807) is 18.2 Å². The maximum atomic E-state index is 11.0. The van der Waals surface area contributed by atoms with Crippen molar-refractivity contribution < 1.29 is 9.90 Å². The summed E-state index contributed by atoms with van der Waals surface area (Å²) in [5, 5.41) is 10.2. The first-order valence-corrected chi connectivity index (χ1v) is 4.93. The van der Waals surface area contributed by atoms with Gasteiger partial charge in [0.2, 0.25) is 0 Å². The molecule has 3 nitrogen and oxygen atoms in total. The first-order valence-electron chi connectivity index (χ1n) is 4.11. The van der Waals surface area contributed by atoms with E-state index in [1.165, 1.54) is 11.3 Å². The third-order valence-electron chi connectivity index (χ3n) is 2.15. The lowest BCUT2D eigenvalue weighted by atomic mass is 10.1. The van der Waals surface area contributed by atoms with Crippen molar-refractivity contribution in [3.63, 3.8) is 0 Å². The zero-order valence-electron chi connectivity index (χ0n) is 7.57. The molecule has 0 bridgehead atoms. The van der Waals surface area contributed by atoms with Crippen molar-refractivity contribution in [2.24, 2.45) is 5.73 Å². The quantitative estimate of drug-likeness (QED) is 0.751. The fraction of sp³-hybridized carbons (Fsp3) is 0.100. The average Bonchev–Trinajstić information content (AvgIpc) is 2.43. The molecule has 0 saturated carbocycles. The number of carbonyl (C=O) groups is 1. The van der Waals surface area contributed by atoms with Crippen LogP contribution in [0.2, 0.25) is 0 Å². The van der Waals surface area contributed by atoms with Crippen LogP contribution in [0, 0.1) is 6.92 Å². The van der Waals surface area contributed by atoms with Crippen molar-refractivity contribution in [1.82, 2.24) is 0 Å². The topological polar surface area (TPSA) is 63.3 Å². The molecule has 1 heterocycles. The molecule has 72 valence electrons. The number of hydrogen-bond donors (Lipinski definition) is 2. The molecule has 1 amide bonds. The van der Waals surface area contributed by atoms with Gasteiger partial charge in [0, 0.05) is 4.70 Å². The van der Waals surface area contributed by atoms with Crippen LogP contribution in [0.4, 0.5) is 0 Å². The number of rotatable bonds is 1. The molecular formula is C10H9NO2S. The van der Waals surface area contributed by atoms with Crippen LogP contribution in [0.3, 0.4) is 0 Å². The Morgan fingerprint density at radius 2 is 2.21 bits per heavy atom. The van der Waals surface area contributed by atoms with E-state index < -0.39 is 5.91 Å². The predicted octanol–water partition coefficient (Wildman–Crippen LogP) is 2.01. The Morgan fingerprint density at radius 1 is 1.50 bits per heavy atom. The minimum absolute atomic E-state index is 0.203. The van der Waals surface area contributed by atoms with Gasteiger partial charge in [0.25, 0.3) is 5.91 Å². The number of phenolic OH excluding ortho intramolecular Hbond substituents is 1. The van der Waals surface area contributed by atoms with Gasteiger partial charge in [-0.15, -0.1) is 11.3 Å². The molecule has 1 aromatic carbocycles. The normalized spacial score (nSPS) is 10.6. The number of thiophene rings is 1. The summed E-state index contributed by atoms with van der Waals surface area (Å²) in [6.07, 6.45) is 0. The molecule has 0 aliphatic heterocycles. The second kappa shape index (κ2) is 2.99. The maximum Gasteiger partial charge on any atom is 0.259 e. The number of amides is 1. The number of aryl methyl sites for hydroxylation is 1. The molecule has 0 atom stereocenters. The summed E-state index contributed by atoms with van der Waals surface area (Å²) >= 11 is 1.31. The maximum absolute atomic E-state index is 11.0. The van der Waals surface area contributed by atoms with Crippen LogP contribution in [0.15, 0.2) is 18.2 Å². The Morgan fingerprint density at radius 3 is 2.86 bits per heavy atom. The van der Waals surface area contributed by atoms with Crippen molar-refractivity contribution in [2.75, 3.05) is 0 Å². The molecule has 0 radical (unpaired) electrons. The number of phenols is 1. The zero-order chi connectivity index (χ0) is 10.3. The van der Waals surface area contributed by atoms with Gasteiger partial charge < -0.3 is 10.8 Å². The molecule has 0 saturated heterocycles. The number of primary amides is 1. The number of aromatic hydroxyl groups is 1. The highest BCUT2D eigenvalue weighted by molar-refractivity contribution is 7.21. The van der Waals surface area contributed by atoms with Gasteiger partial charge in [-0.05, 0) is 36.1 Å². The summed E-state index contributed by atoms with van der Waals surface area (Å²) in [5.41, 5.74) is 6.11. The summed E-state index contributed by atoms with van der Waals surface area (Å²) in [6, 6.07) is 5.04. The highest BCUT2D eigenvalue weighted by Crippen LogP contribution is 2.32. The van der Waals surface area contributed by atoms with Crippen LogP contribution in [0.1, 0.15) is 15.2 Å². The second-order valence-corrected chi connectivity index (χ2v) is 4.15. The van der Waals surface area contributed by atoms with Crippen LogP contribution in [-0.2, 0) is 0 Å². The van der Waals surface area contributed by atoms with E-state index in [1.807, 2.05) is 6.92 Å². The highest BCUT2D eigenvalue weighted by atomic mass is 32.1. The Labute approximate surface area is 84.8 Å². The number of hydrogen-bond acceptors (Lipinski definition) is 3. The lowest BCUT2D eigenvalue weighted by Crippen LogP contribution is -2.09. The summed E-state index contributed by atoms with van der Waals surface area (Å²) in [7, 11) is 0. The molecule has 4 heteroatoms.